The number of benzene rings is 1. The van der Waals surface area contributed by atoms with Crippen molar-refractivity contribution in [3.63, 3.8) is 0 Å². The van der Waals surface area contributed by atoms with Gasteiger partial charge in [0.2, 0.25) is 5.56 Å². The third kappa shape index (κ3) is 3.27. The van der Waals surface area contributed by atoms with Gasteiger partial charge in [0, 0.05) is 37.3 Å². The van der Waals surface area contributed by atoms with Gasteiger partial charge in [0.25, 0.3) is 0 Å². The number of aromatic nitrogens is 4. The Morgan fingerprint density at radius 1 is 1.14 bits per heavy atom. The fourth-order valence-electron chi connectivity index (χ4n) is 3.62. The van der Waals surface area contributed by atoms with E-state index in [-0.39, 0.29) is 11.6 Å². The van der Waals surface area contributed by atoms with Crippen LogP contribution in [0.3, 0.4) is 0 Å². The molecule has 1 aliphatic heterocycles. The highest BCUT2D eigenvalue weighted by atomic mass is 16.5. The Balaban J connectivity index is 1.60. The smallest absolute Gasteiger partial charge is 0.248 e. The van der Waals surface area contributed by atoms with Gasteiger partial charge in [-0.3, -0.25) is 9.69 Å². The number of aromatic amines is 1. The maximum atomic E-state index is 11.6. The van der Waals surface area contributed by atoms with E-state index in [1.54, 1.807) is 20.3 Å². The van der Waals surface area contributed by atoms with E-state index < -0.39 is 0 Å². The Kier molecular flexibility index (Phi) is 4.87. The summed E-state index contributed by atoms with van der Waals surface area (Å²) >= 11 is 0. The number of nitrogens with one attached hydrogen (secondary N) is 1. The number of methoxy groups -OCH3 is 2. The van der Waals surface area contributed by atoms with Crippen molar-refractivity contribution >= 4 is 0 Å². The van der Waals surface area contributed by atoms with Gasteiger partial charge in [-0.2, -0.15) is 0 Å². The van der Waals surface area contributed by atoms with E-state index in [1.165, 1.54) is 6.07 Å². The third-order valence-electron chi connectivity index (χ3n) is 5.19. The van der Waals surface area contributed by atoms with Crippen LogP contribution in [0.2, 0.25) is 0 Å². The van der Waals surface area contributed by atoms with Gasteiger partial charge in [-0.15, -0.1) is 10.2 Å². The highest BCUT2D eigenvalue weighted by Gasteiger charge is 2.29. The summed E-state index contributed by atoms with van der Waals surface area (Å²) in [7, 11) is 3.31. The van der Waals surface area contributed by atoms with Crippen LogP contribution in [0.15, 0.2) is 41.2 Å². The lowest BCUT2D eigenvalue weighted by atomic mass is 10.1. The Morgan fingerprint density at radius 3 is 2.75 bits per heavy atom. The fourth-order valence-corrected chi connectivity index (χ4v) is 3.62. The van der Waals surface area contributed by atoms with Gasteiger partial charge >= 0.3 is 0 Å². The predicted octanol–water partition coefficient (Wildman–Crippen LogP) is 2.23. The topological polar surface area (TPSA) is 85.3 Å². The molecule has 28 heavy (non-hydrogen) atoms. The average Bonchev–Trinajstić information content (AvgIpc) is 3.15. The molecule has 0 saturated carbocycles. The first-order valence-electron chi connectivity index (χ1n) is 9.18. The van der Waals surface area contributed by atoms with Crippen LogP contribution in [0.4, 0.5) is 0 Å². The molecule has 2 aromatic heterocycles. The number of hydrogen-bond donors (Lipinski definition) is 1. The quantitative estimate of drug-likeness (QED) is 0.729. The maximum absolute atomic E-state index is 11.6. The number of hydrogen-bond acceptors (Lipinski definition) is 6. The van der Waals surface area contributed by atoms with Crippen molar-refractivity contribution in [2.75, 3.05) is 20.8 Å². The van der Waals surface area contributed by atoms with Crippen LogP contribution in [0.5, 0.6) is 11.5 Å². The van der Waals surface area contributed by atoms with Crippen LogP contribution in [-0.2, 0) is 13.1 Å². The molecule has 0 radical (unpaired) electrons. The minimum atomic E-state index is -0.146. The lowest BCUT2D eigenvalue weighted by Crippen LogP contribution is -2.37. The first-order chi connectivity index (χ1) is 13.6. The summed E-state index contributed by atoms with van der Waals surface area (Å²) in [4.78, 5) is 16.8. The Morgan fingerprint density at radius 2 is 2.00 bits per heavy atom. The molecule has 8 nitrogen and oxygen atoms in total. The van der Waals surface area contributed by atoms with Gasteiger partial charge in [0.15, 0.2) is 11.6 Å². The fraction of sp³-hybridized carbons (Fsp3) is 0.350. The highest BCUT2D eigenvalue weighted by molar-refractivity contribution is 5.49. The zero-order chi connectivity index (χ0) is 19.7. The Hall–Kier alpha value is -3.13. The normalized spacial score (nSPS) is 16.6. The molecule has 0 amide bonds. The number of fused-ring (bicyclic) bond motifs is 1. The van der Waals surface area contributed by atoms with Crippen LogP contribution in [0.1, 0.15) is 24.4 Å². The monoisotopic (exact) mass is 381 g/mol. The second-order valence-electron chi connectivity index (χ2n) is 6.79. The average molecular weight is 381 g/mol. The molecule has 0 saturated heterocycles. The maximum Gasteiger partial charge on any atom is 0.248 e. The molecule has 8 heteroatoms. The van der Waals surface area contributed by atoms with Crippen molar-refractivity contribution in [3.8, 4) is 23.0 Å². The molecule has 146 valence electrons. The number of rotatable bonds is 5. The molecule has 1 aliphatic rings. The van der Waals surface area contributed by atoms with Crippen LogP contribution in [-0.4, -0.2) is 45.4 Å². The molecule has 0 unspecified atom stereocenters. The number of ether oxygens (including phenoxy) is 2. The lowest BCUT2D eigenvalue weighted by molar-refractivity contribution is 0.155. The first-order valence-corrected chi connectivity index (χ1v) is 9.18. The van der Waals surface area contributed by atoms with Crippen molar-refractivity contribution in [1.29, 1.82) is 0 Å². The zero-order valence-electron chi connectivity index (χ0n) is 16.2. The van der Waals surface area contributed by atoms with Gasteiger partial charge in [-0.25, -0.2) is 0 Å². The molecule has 4 rings (SSSR count). The van der Waals surface area contributed by atoms with Crippen LogP contribution in [0.25, 0.3) is 11.5 Å². The van der Waals surface area contributed by atoms with Gasteiger partial charge in [0.05, 0.1) is 26.0 Å². The summed E-state index contributed by atoms with van der Waals surface area (Å²) in [6.07, 6.45) is 0. The number of nitrogens with zero attached hydrogens (tertiary/aromatic N) is 4. The van der Waals surface area contributed by atoms with Crippen molar-refractivity contribution in [2.45, 2.75) is 26.1 Å². The van der Waals surface area contributed by atoms with Gasteiger partial charge in [-0.1, -0.05) is 12.1 Å². The molecular weight excluding hydrogens is 358 g/mol. The minimum absolute atomic E-state index is 0.0808. The predicted molar refractivity (Wildman–Crippen MR) is 104 cm³/mol. The molecule has 1 aromatic carbocycles. The van der Waals surface area contributed by atoms with E-state index in [0.29, 0.717) is 11.5 Å². The molecular formula is C20H23N5O3. The van der Waals surface area contributed by atoms with E-state index in [9.17, 15) is 4.79 Å². The van der Waals surface area contributed by atoms with Crippen LogP contribution < -0.4 is 15.0 Å². The summed E-state index contributed by atoms with van der Waals surface area (Å²) in [5, 5.41) is 8.74. The van der Waals surface area contributed by atoms with E-state index in [2.05, 4.69) is 31.6 Å². The first kappa shape index (κ1) is 18.2. The standard InChI is InChI=1S/C20H23N5O3/c1-13-19-22-23-20(16-5-4-6-18(26)21-16)25(19)10-9-24(13)12-14-7-8-15(27-2)11-17(14)28-3/h4-8,11,13H,9-10,12H2,1-3H3,(H,21,26)/t13-/m1/s1. The summed E-state index contributed by atoms with van der Waals surface area (Å²) in [5.74, 6) is 3.16. The Labute approximate surface area is 162 Å². The van der Waals surface area contributed by atoms with Crippen LogP contribution in [0, 0.1) is 0 Å². The lowest BCUT2D eigenvalue weighted by Gasteiger charge is -2.34. The minimum Gasteiger partial charge on any atom is -0.497 e. The molecule has 0 bridgehead atoms. The second-order valence-corrected chi connectivity index (χ2v) is 6.79. The number of H-pyrrole nitrogens is 1. The molecule has 0 fully saturated rings. The summed E-state index contributed by atoms with van der Waals surface area (Å²) in [6, 6.07) is 11.0. The van der Waals surface area contributed by atoms with Gasteiger partial charge < -0.3 is 19.0 Å². The largest absolute Gasteiger partial charge is 0.497 e. The van der Waals surface area contributed by atoms with Crippen molar-refractivity contribution in [3.05, 3.63) is 58.1 Å². The van der Waals surface area contributed by atoms with E-state index in [0.717, 1.165) is 42.5 Å². The molecule has 1 N–H and O–H groups in total. The van der Waals surface area contributed by atoms with E-state index >= 15 is 0 Å². The number of pyridine rings is 1. The van der Waals surface area contributed by atoms with Gasteiger partial charge in [-0.05, 0) is 19.1 Å². The van der Waals surface area contributed by atoms with Crippen LogP contribution >= 0.6 is 0 Å². The van der Waals surface area contributed by atoms with Crippen molar-refractivity contribution < 1.29 is 9.47 Å². The van der Waals surface area contributed by atoms with Crippen molar-refractivity contribution in [1.82, 2.24) is 24.6 Å². The molecule has 3 heterocycles. The third-order valence-corrected chi connectivity index (χ3v) is 5.19. The summed E-state index contributed by atoms with van der Waals surface area (Å²) in [5.41, 5.74) is 1.63. The summed E-state index contributed by atoms with van der Waals surface area (Å²) < 4.78 is 12.9. The Bertz CT molecular complexity index is 1040. The second kappa shape index (κ2) is 7.47. The molecule has 1 atom stereocenters. The van der Waals surface area contributed by atoms with E-state index in [1.807, 2.05) is 24.3 Å². The zero-order valence-corrected chi connectivity index (χ0v) is 16.2. The molecule has 3 aromatic rings. The molecule has 0 spiro atoms. The molecule has 0 aliphatic carbocycles. The van der Waals surface area contributed by atoms with E-state index in [4.69, 9.17) is 9.47 Å². The highest BCUT2D eigenvalue weighted by Crippen LogP contribution is 2.31. The summed E-state index contributed by atoms with van der Waals surface area (Å²) in [6.45, 7) is 4.44. The van der Waals surface area contributed by atoms with Gasteiger partial charge in [0.1, 0.15) is 11.5 Å². The van der Waals surface area contributed by atoms with Crippen molar-refractivity contribution in [2.24, 2.45) is 0 Å². The SMILES string of the molecule is COc1ccc(CN2CCn3c(-c4cccc(=O)[nH]4)nnc3[C@H]2C)c(OC)c1.